The third kappa shape index (κ3) is 5.10. The molecule has 6 heteroatoms. The van der Waals surface area contributed by atoms with Gasteiger partial charge in [-0.1, -0.05) is 49.9 Å². The summed E-state index contributed by atoms with van der Waals surface area (Å²) in [5.41, 5.74) is 3.67. The minimum atomic E-state index is -0.0714. The third-order valence-corrected chi connectivity index (χ3v) is 5.16. The zero-order valence-electron chi connectivity index (χ0n) is 16.2. The van der Waals surface area contributed by atoms with Crippen molar-refractivity contribution in [1.82, 2.24) is 10.2 Å². The summed E-state index contributed by atoms with van der Waals surface area (Å²) in [6, 6.07) is 19.4. The highest BCUT2D eigenvalue weighted by atomic mass is 32.2. The lowest BCUT2D eigenvalue weighted by atomic mass is 10.0. The van der Waals surface area contributed by atoms with E-state index in [9.17, 15) is 4.79 Å². The summed E-state index contributed by atoms with van der Waals surface area (Å²) in [4.78, 5) is 12.2. The predicted molar refractivity (Wildman–Crippen MR) is 114 cm³/mol. The van der Waals surface area contributed by atoms with E-state index in [1.165, 1.54) is 17.3 Å². The molecular weight excluding hydrogens is 370 g/mol. The van der Waals surface area contributed by atoms with Gasteiger partial charge in [0.15, 0.2) is 0 Å². The molecule has 5 nitrogen and oxygen atoms in total. The van der Waals surface area contributed by atoms with Crippen LogP contribution in [0.5, 0.6) is 5.75 Å². The largest absolute Gasteiger partial charge is 0.496 e. The summed E-state index contributed by atoms with van der Waals surface area (Å²) >= 11 is 1.35. The van der Waals surface area contributed by atoms with E-state index in [2.05, 4.69) is 29.4 Å². The van der Waals surface area contributed by atoms with Crippen LogP contribution in [-0.4, -0.2) is 29.0 Å². The number of ether oxygens (including phenoxy) is 1. The third-order valence-electron chi connectivity index (χ3n) is 4.24. The molecule has 0 fully saturated rings. The number of thioether (sulfide) groups is 1. The first kappa shape index (κ1) is 19.9. The van der Waals surface area contributed by atoms with Crippen molar-refractivity contribution in [2.45, 2.75) is 24.8 Å². The van der Waals surface area contributed by atoms with Crippen LogP contribution in [0.1, 0.15) is 25.3 Å². The zero-order valence-corrected chi connectivity index (χ0v) is 17.0. The average Bonchev–Trinajstić information content (AvgIpc) is 2.73. The Morgan fingerprint density at radius 3 is 2.43 bits per heavy atom. The van der Waals surface area contributed by atoms with Crippen LogP contribution in [0, 0.1) is 0 Å². The van der Waals surface area contributed by atoms with Crippen LogP contribution in [0.2, 0.25) is 0 Å². The van der Waals surface area contributed by atoms with Crippen molar-refractivity contribution in [3.8, 4) is 17.0 Å². The Balaban J connectivity index is 1.56. The van der Waals surface area contributed by atoms with Gasteiger partial charge in [-0.05, 0) is 47.9 Å². The molecule has 3 rings (SSSR count). The Bertz CT molecular complexity index is 925. The molecule has 1 aromatic heterocycles. The summed E-state index contributed by atoms with van der Waals surface area (Å²) < 4.78 is 5.36. The fraction of sp³-hybridized carbons (Fsp3) is 0.227. The van der Waals surface area contributed by atoms with Gasteiger partial charge in [0.2, 0.25) is 5.91 Å². The highest BCUT2D eigenvalue weighted by Crippen LogP contribution is 2.28. The number of anilines is 1. The van der Waals surface area contributed by atoms with E-state index in [0.29, 0.717) is 10.9 Å². The van der Waals surface area contributed by atoms with Gasteiger partial charge in [-0.25, -0.2) is 0 Å². The second-order valence-electron chi connectivity index (χ2n) is 6.57. The van der Waals surface area contributed by atoms with Gasteiger partial charge >= 0.3 is 0 Å². The maximum absolute atomic E-state index is 12.2. The summed E-state index contributed by atoms with van der Waals surface area (Å²) in [7, 11) is 1.63. The van der Waals surface area contributed by atoms with Crippen LogP contribution in [0.4, 0.5) is 5.69 Å². The number of hydrogen-bond acceptors (Lipinski definition) is 5. The molecule has 144 valence electrons. The lowest BCUT2D eigenvalue weighted by Crippen LogP contribution is -2.14. The summed E-state index contributed by atoms with van der Waals surface area (Å²) in [6.45, 7) is 4.29. The van der Waals surface area contributed by atoms with Gasteiger partial charge < -0.3 is 10.1 Å². The lowest BCUT2D eigenvalue weighted by Gasteiger charge is -2.09. The number of methoxy groups -OCH3 is 1. The fourth-order valence-corrected chi connectivity index (χ4v) is 3.30. The van der Waals surface area contributed by atoms with E-state index >= 15 is 0 Å². The fourth-order valence-electron chi connectivity index (χ4n) is 2.68. The van der Waals surface area contributed by atoms with Gasteiger partial charge in [0, 0.05) is 11.3 Å². The van der Waals surface area contributed by atoms with Gasteiger partial charge in [0.1, 0.15) is 10.8 Å². The maximum atomic E-state index is 12.2. The standard InChI is InChI=1S/C22H23N3O2S/c1-15(2)16-8-10-17(11-9-16)23-21(26)14-28-22-13-12-19(24-25-22)18-6-4-5-7-20(18)27-3/h4-13,15H,14H2,1-3H3,(H,23,26). The number of carbonyl (C=O) groups is 1. The zero-order chi connectivity index (χ0) is 19.9. The van der Waals surface area contributed by atoms with Gasteiger partial charge in [-0.15, -0.1) is 10.2 Å². The number of nitrogens with zero attached hydrogens (tertiary/aromatic N) is 2. The van der Waals surface area contributed by atoms with Crippen LogP contribution in [0.15, 0.2) is 65.7 Å². The number of carbonyl (C=O) groups excluding carboxylic acids is 1. The van der Waals surface area contributed by atoms with Crippen LogP contribution in [0.25, 0.3) is 11.3 Å². The van der Waals surface area contributed by atoms with E-state index in [1.807, 2.05) is 60.7 Å². The molecule has 3 aromatic rings. The number of para-hydroxylation sites is 1. The van der Waals surface area contributed by atoms with Crippen molar-refractivity contribution in [3.05, 3.63) is 66.2 Å². The molecule has 0 atom stereocenters. The smallest absolute Gasteiger partial charge is 0.234 e. The number of rotatable bonds is 7. The first-order valence-corrected chi connectivity index (χ1v) is 10.0. The number of aromatic nitrogens is 2. The Kier molecular flexibility index (Phi) is 6.66. The molecule has 0 saturated heterocycles. The Morgan fingerprint density at radius 1 is 1.04 bits per heavy atom. The normalized spacial score (nSPS) is 10.7. The molecule has 2 aromatic carbocycles. The van der Waals surface area contributed by atoms with Crippen molar-refractivity contribution in [1.29, 1.82) is 0 Å². The van der Waals surface area contributed by atoms with Crippen LogP contribution >= 0.6 is 11.8 Å². The predicted octanol–water partition coefficient (Wildman–Crippen LogP) is 5.01. The first-order chi connectivity index (χ1) is 13.6. The van der Waals surface area contributed by atoms with Crippen molar-refractivity contribution >= 4 is 23.4 Å². The molecule has 0 saturated carbocycles. The number of nitrogens with one attached hydrogen (secondary N) is 1. The van der Waals surface area contributed by atoms with Crippen LogP contribution in [-0.2, 0) is 4.79 Å². The number of benzene rings is 2. The maximum Gasteiger partial charge on any atom is 0.234 e. The molecular formula is C22H23N3O2S. The number of hydrogen-bond donors (Lipinski definition) is 1. The molecule has 1 N–H and O–H groups in total. The molecule has 0 unspecified atom stereocenters. The van der Waals surface area contributed by atoms with Crippen molar-refractivity contribution in [2.24, 2.45) is 0 Å². The van der Waals surface area contributed by atoms with Crippen molar-refractivity contribution in [2.75, 3.05) is 18.2 Å². The lowest BCUT2D eigenvalue weighted by molar-refractivity contribution is -0.113. The van der Waals surface area contributed by atoms with Gasteiger partial charge in [0.25, 0.3) is 0 Å². The Morgan fingerprint density at radius 2 is 1.79 bits per heavy atom. The Labute approximate surface area is 169 Å². The first-order valence-electron chi connectivity index (χ1n) is 9.06. The highest BCUT2D eigenvalue weighted by Gasteiger charge is 2.09. The summed E-state index contributed by atoms with van der Waals surface area (Å²) in [5, 5.41) is 12.1. The molecule has 1 heterocycles. The van der Waals surface area contributed by atoms with E-state index < -0.39 is 0 Å². The minimum absolute atomic E-state index is 0.0714. The van der Waals surface area contributed by atoms with Crippen LogP contribution < -0.4 is 10.1 Å². The van der Waals surface area contributed by atoms with E-state index in [4.69, 9.17) is 4.74 Å². The molecule has 1 amide bonds. The monoisotopic (exact) mass is 393 g/mol. The van der Waals surface area contributed by atoms with Gasteiger partial charge in [-0.2, -0.15) is 0 Å². The van der Waals surface area contributed by atoms with Gasteiger partial charge in [-0.3, -0.25) is 4.79 Å². The van der Waals surface area contributed by atoms with E-state index in [1.54, 1.807) is 7.11 Å². The molecule has 0 spiro atoms. The van der Waals surface area contributed by atoms with Crippen LogP contribution in [0.3, 0.4) is 0 Å². The molecule has 0 radical (unpaired) electrons. The van der Waals surface area contributed by atoms with Crippen molar-refractivity contribution in [3.63, 3.8) is 0 Å². The van der Waals surface area contributed by atoms with Gasteiger partial charge in [0.05, 0.1) is 18.6 Å². The van der Waals surface area contributed by atoms with E-state index in [0.717, 1.165) is 22.7 Å². The minimum Gasteiger partial charge on any atom is -0.496 e. The second-order valence-corrected chi connectivity index (χ2v) is 7.57. The molecule has 0 bridgehead atoms. The van der Waals surface area contributed by atoms with E-state index in [-0.39, 0.29) is 11.7 Å². The topological polar surface area (TPSA) is 64.1 Å². The molecule has 0 aliphatic heterocycles. The molecule has 28 heavy (non-hydrogen) atoms. The quantitative estimate of drug-likeness (QED) is 0.572. The number of amides is 1. The van der Waals surface area contributed by atoms with Crippen molar-refractivity contribution < 1.29 is 9.53 Å². The second kappa shape index (κ2) is 9.37. The highest BCUT2D eigenvalue weighted by molar-refractivity contribution is 7.99. The molecule has 0 aliphatic rings. The molecule has 0 aliphatic carbocycles. The average molecular weight is 394 g/mol. The summed E-state index contributed by atoms with van der Waals surface area (Å²) in [6.07, 6.45) is 0. The SMILES string of the molecule is COc1ccccc1-c1ccc(SCC(=O)Nc2ccc(C(C)C)cc2)nn1. The summed E-state index contributed by atoms with van der Waals surface area (Å²) in [5.74, 6) is 1.42. The Hall–Kier alpha value is -2.86.